The van der Waals surface area contributed by atoms with Crippen LogP contribution in [-0.2, 0) is 6.42 Å². The maximum atomic E-state index is 13.5. The maximum Gasteiger partial charge on any atom is 0.123 e. The van der Waals surface area contributed by atoms with Gasteiger partial charge in [-0.05, 0) is 56.0 Å². The molecular formula is C18H20FNO. The highest BCUT2D eigenvalue weighted by atomic mass is 19.1. The summed E-state index contributed by atoms with van der Waals surface area (Å²) in [4.78, 5) is 2.27. The van der Waals surface area contributed by atoms with Gasteiger partial charge in [0.1, 0.15) is 11.6 Å². The molecule has 2 aromatic carbocycles. The topological polar surface area (TPSA) is 23.5 Å². The van der Waals surface area contributed by atoms with Gasteiger partial charge in [0.2, 0.25) is 0 Å². The Labute approximate surface area is 124 Å². The third kappa shape index (κ3) is 2.73. The van der Waals surface area contributed by atoms with Gasteiger partial charge >= 0.3 is 0 Å². The van der Waals surface area contributed by atoms with Crippen molar-refractivity contribution in [3.8, 4) is 5.75 Å². The van der Waals surface area contributed by atoms with Crippen molar-refractivity contribution < 1.29 is 9.50 Å². The van der Waals surface area contributed by atoms with Crippen molar-refractivity contribution in [3.63, 3.8) is 0 Å². The van der Waals surface area contributed by atoms with Crippen LogP contribution in [0.2, 0.25) is 0 Å². The Morgan fingerprint density at radius 3 is 2.81 bits per heavy atom. The monoisotopic (exact) mass is 285 g/mol. The predicted molar refractivity (Wildman–Crippen MR) is 83.2 cm³/mol. The van der Waals surface area contributed by atoms with Gasteiger partial charge in [-0.25, -0.2) is 4.39 Å². The SMILES string of the molecule is CC(c1cc(F)ccc1O)N1CCCCc2ccccc21. The summed E-state index contributed by atoms with van der Waals surface area (Å²) < 4.78 is 13.5. The van der Waals surface area contributed by atoms with Crippen molar-refractivity contribution in [3.05, 3.63) is 59.4 Å². The maximum absolute atomic E-state index is 13.5. The molecule has 1 aliphatic heterocycles. The highest BCUT2D eigenvalue weighted by Crippen LogP contribution is 2.36. The zero-order chi connectivity index (χ0) is 14.8. The van der Waals surface area contributed by atoms with Crippen LogP contribution in [0.25, 0.3) is 0 Å². The van der Waals surface area contributed by atoms with Gasteiger partial charge in [-0.2, -0.15) is 0 Å². The molecule has 0 bridgehead atoms. The van der Waals surface area contributed by atoms with Gasteiger partial charge in [0, 0.05) is 17.8 Å². The largest absolute Gasteiger partial charge is 0.508 e. The Bertz CT molecular complexity index is 641. The van der Waals surface area contributed by atoms with Crippen molar-refractivity contribution in [2.45, 2.75) is 32.2 Å². The first kappa shape index (κ1) is 13.9. The Balaban J connectivity index is 2.01. The van der Waals surface area contributed by atoms with Gasteiger partial charge in [0.05, 0.1) is 6.04 Å². The quantitative estimate of drug-likeness (QED) is 0.882. The second-order valence-corrected chi connectivity index (χ2v) is 5.66. The number of aromatic hydroxyl groups is 1. The first-order chi connectivity index (χ1) is 10.2. The standard InChI is InChI=1S/C18H20FNO/c1-13(16-12-15(19)9-10-18(16)21)20-11-5-4-7-14-6-2-3-8-17(14)20/h2-3,6,8-10,12-13,21H,4-5,7,11H2,1H3. The molecule has 3 heteroatoms. The number of hydrogen-bond donors (Lipinski definition) is 1. The number of anilines is 1. The Morgan fingerprint density at radius 2 is 1.95 bits per heavy atom. The number of fused-ring (bicyclic) bond motifs is 1. The van der Waals surface area contributed by atoms with E-state index in [2.05, 4.69) is 23.1 Å². The average Bonchev–Trinajstić information content (AvgIpc) is 2.71. The number of phenolic OH excluding ortho intramolecular Hbond substituents is 1. The van der Waals surface area contributed by atoms with E-state index >= 15 is 0 Å². The van der Waals surface area contributed by atoms with Crippen molar-refractivity contribution in [2.75, 3.05) is 11.4 Å². The Hall–Kier alpha value is -2.03. The predicted octanol–water partition coefficient (Wildman–Crippen LogP) is 4.44. The number of phenols is 1. The number of nitrogens with zero attached hydrogens (tertiary/aromatic N) is 1. The summed E-state index contributed by atoms with van der Waals surface area (Å²) in [6, 6.07) is 12.5. The van der Waals surface area contributed by atoms with Gasteiger partial charge in [-0.1, -0.05) is 18.2 Å². The molecule has 2 nitrogen and oxygen atoms in total. The minimum absolute atomic E-state index is 0.0556. The summed E-state index contributed by atoms with van der Waals surface area (Å²) in [7, 11) is 0. The third-order valence-corrected chi connectivity index (χ3v) is 4.30. The van der Waals surface area contributed by atoms with Crippen LogP contribution in [0.5, 0.6) is 5.75 Å². The number of aryl methyl sites for hydroxylation is 1. The molecule has 0 radical (unpaired) electrons. The van der Waals surface area contributed by atoms with Gasteiger partial charge < -0.3 is 10.0 Å². The molecule has 2 aromatic rings. The lowest BCUT2D eigenvalue weighted by molar-refractivity contribution is 0.457. The molecule has 21 heavy (non-hydrogen) atoms. The molecule has 0 amide bonds. The van der Waals surface area contributed by atoms with Crippen molar-refractivity contribution in [1.82, 2.24) is 0 Å². The van der Waals surface area contributed by atoms with Gasteiger partial charge in [0.15, 0.2) is 0 Å². The molecule has 1 atom stereocenters. The molecule has 1 aliphatic rings. The van der Waals surface area contributed by atoms with E-state index in [1.54, 1.807) is 0 Å². The molecule has 1 heterocycles. The van der Waals surface area contributed by atoms with Crippen LogP contribution in [0.4, 0.5) is 10.1 Å². The summed E-state index contributed by atoms with van der Waals surface area (Å²) in [6.45, 7) is 2.95. The summed E-state index contributed by atoms with van der Waals surface area (Å²) in [5, 5.41) is 10.1. The van der Waals surface area contributed by atoms with E-state index in [1.807, 2.05) is 13.0 Å². The normalized spacial score (nSPS) is 16.2. The molecule has 0 aliphatic carbocycles. The number of para-hydroxylation sites is 1. The van der Waals surface area contributed by atoms with E-state index in [1.165, 1.54) is 29.4 Å². The van der Waals surface area contributed by atoms with Crippen LogP contribution in [0.3, 0.4) is 0 Å². The lowest BCUT2D eigenvalue weighted by Crippen LogP contribution is -2.27. The van der Waals surface area contributed by atoms with Crippen LogP contribution >= 0.6 is 0 Å². The van der Waals surface area contributed by atoms with Crippen LogP contribution in [0.15, 0.2) is 42.5 Å². The number of rotatable bonds is 2. The van der Waals surface area contributed by atoms with E-state index in [0.717, 1.165) is 25.8 Å². The zero-order valence-corrected chi connectivity index (χ0v) is 12.2. The van der Waals surface area contributed by atoms with Gasteiger partial charge in [-0.3, -0.25) is 0 Å². The van der Waals surface area contributed by atoms with Crippen molar-refractivity contribution in [1.29, 1.82) is 0 Å². The Kier molecular flexibility index (Phi) is 3.82. The van der Waals surface area contributed by atoms with Crippen LogP contribution in [0.1, 0.15) is 36.9 Å². The van der Waals surface area contributed by atoms with Crippen molar-refractivity contribution in [2.24, 2.45) is 0 Å². The second-order valence-electron chi connectivity index (χ2n) is 5.66. The molecule has 0 saturated carbocycles. The van der Waals surface area contributed by atoms with Crippen LogP contribution < -0.4 is 4.90 Å². The fourth-order valence-corrected chi connectivity index (χ4v) is 3.15. The summed E-state index contributed by atoms with van der Waals surface area (Å²) in [5.74, 6) is -0.150. The molecular weight excluding hydrogens is 265 g/mol. The molecule has 3 rings (SSSR count). The van der Waals surface area contributed by atoms with Gasteiger partial charge in [0.25, 0.3) is 0 Å². The average molecular weight is 285 g/mol. The number of halogens is 1. The third-order valence-electron chi connectivity index (χ3n) is 4.30. The lowest BCUT2D eigenvalue weighted by atomic mass is 10.0. The molecule has 0 fully saturated rings. The van der Waals surface area contributed by atoms with Gasteiger partial charge in [-0.15, -0.1) is 0 Å². The molecule has 0 saturated heterocycles. The van der Waals surface area contributed by atoms with E-state index in [4.69, 9.17) is 0 Å². The van der Waals surface area contributed by atoms with Crippen molar-refractivity contribution >= 4 is 5.69 Å². The van der Waals surface area contributed by atoms with Crippen LogP contribution in [-0.4, -0.2) is 11.7 Å². The van der Waals surface area contributed by atoms with E-state index < -0.39 is 0 Å². The molecule has 110 valence electrons. The lowest BCUT2D eigenvalue weighted by Gasteiger charge is -2.32. The molecule has 1 unspecified atom stereocenters. The summed E-state index contributed by atoms with van der Waals surface area (Å²) in [5.41, 5.74) is 3.18. The smallest absolute Gasteiger partial charge is 0.123 e. The summed E-state index contributed by atoms with van der Waals surface area (Å²) in [6.07, 6.45) is 3.35. The number of hydrogen-bond acceptors (Lipinski definition) is 2. The minimum atomic E-state index is -0.308. The van der Waals surface area contributed by atoms with E-state index in [-0.39, 0.29) is 17.6 Å². The van der Waals surface area contributed by atoms with E-state index in [9.17, 15) is 9.50 Å². The molecule has 0 aromatic heterocycles. The highest BCUT2D eigenvalue weighted by Gasteiger charge is 2.23. The zero-order valence-electron chi connectivity index (χ0n) is 12.2. The second kappa shape index (κ2) is 5.76. The number of benzene rings is 2. The van der Waals surface area contributed by atoms with E-state index in [0.29, 0.717) is 5.56 Å². The minimum Gasteiger partial charge on any atom is -0.508 e. The van der Waals surface area contributed by atoms with Crippen LogP contribution in [0, 0.1) is 5.82 Å². The molecule has 1 N–H and O–H groups in total. The Morgan fingerprint density at radius 1 is 1.14 bits per heavy atom. The first-order valence-electron chi connectivity index (χ1n) is 7.50. The highest BCUT2D eigenvalue weighted by molar-refractivity contribution is 5.57. The first-order valence-corrected chi connectivity index (χ1v) is 7.50. The summed E-state index contributed by atoms with van der Waals surface area (Å²) >= 11 is 0. The fraction of sp³-hybridized carbons (Fsp3) is 0.333. The molecule has 0 spiro atoms. The fourth-order valence-electron chi connectivity index (χ4n) is 3.15.